The first-order chi connectivity index (χ1) is 8.95. The summed E-state index contributed by atoms with van der Waals surface area (Å²) in [4.78, 5) is 0.116. The van der Waals surface area contributed by atoms with Gasteiger partial charge >= 0.3 is 0 Å². The Morgan fingerprint density at radius 3 is 2.84 bits per heavy atom. The number of nitrogens with zero attached hydrogens (tertiary/aromatic N) is 1. The minimum atomic E-state index is -3.57. The molecule has 1 saturated heterocycles. The minimum absolute atomic E-state index is 0.116. The van der Waals surface area contributed by atoms with Crippen LogP contribution in [0.4, 0.5) is 4.39 Å². The second-order valence-electron chi connectivity index (χ2n) is 4.57. The van der Waals surface area contributed by atoms with Crippen LogP contribution in [0.5, 0.6) is 0 Å². The van der Waals surface area contributed by atoms with Gasteiger partial charge in [-0.2, -0.15) is 4.31 Å². The second kappa shape index (κ2) is 5.87. The summed E-state index contributed by atoms with van der Waals surface area (Å²) in [6.45, 7) is 0.951. The topological polar surface area (TPSA) is 49.4 Å². The van der Waals surface area contributed by atoms with Gasteiger partial charge in [0.15, 0.2) is 0 Å². The van der Waals surface area contributed by atoms with Gasteiger partial charge in [-0.15, -0.1) is 0 Å². The molecule has 1 fully saturated rings. The van der Waals surface area contributed by atoms with E-state index in [4.69, 9.17) is 0 Å². The molecule has 1 unspecified atom stereocenters. The molecule has 1 N–H and O–H groups in total. The van der Waals surface area contributed by atoms with Crippen LogP contribution in [-0.2, 0) is 10.0 Å². The van der Waals surface area contributed by atoms with E-state index in [1.807, 2.05) is 7.05 Å². The van der Waals surface area contributed by atoms with Crippen LogP contribution in [0.2, 0.25) is 0 Å². The van der Waals surface area contributed by atoms with Crippen LogP contribution in [-0.4, -0.2) is 38.9 Å². The molecule has 0 aromatic heterocycles. The fourth-order valence-corrected chi connectivity index (χ4v) is 4.75. The summed E-state index contributed by atoms with van der Waals surface area (Å²) in [6.07, 6.45) is 1.79. The Hall–Kier alpha value is -0.500. The Morgan fingerprint density at radius 2 is 2.21 bits per heavy atom. The molecule has 1 aliphatic heterocycles. The lowest BCUT2D eigenvalue weighted by Gasteiger charge is -2.31. The van der Waals surface area contributed by atoms with Gasteiger partial charge in [-0.1, -0.05) is 0 Å². The van der Waals surface area contributed by atoms with Crippen LogP contribution in [0.15, 0.2) is 27.6 Å². The van der Waals surface area contributed by atoms with Gasteiger partial charge in [0, 0.05) is 23.6 Å². The molecule has 4 nitrogen and oxygen atoms in total. The third-order valence-electron chi connectivity index (χ3n) is 3.30. The van der Waals surface area contributed by atoms with Gasteiger partial charge in [0.05, 0.1) is 4.90 Å². The van der Waals surface area contributed by atoms with Crippen molar-refractivity contribution in [2.75, 3.05) is 20.1 Å². The zero-order chi connectivity index (χ0) is 14.0. The first-order valence-corrected chi connectivity index (χ1v) is 8.31. The van der Waals surface area contributed by atoms with Crippen LogP contribution in [0.1, 0.15) is 12.8 Å². The number of likely N-dealkylation sites (N-methyl/N-ethyl adjacent to an activating group) is 1. The number of nitrogens with one attached hydrogen (secondary N) is 1. The van der Waals surface area contributed by atoms with E-state index in [0.29, 0.717) is 13.1 Å². The normalized spacial score (nSPS) is 21.5. The molecular weight excluding hydrogens is 335 g/mol. The predicted octanol–water partition coefficient (Wildman–Crippen LogP) is 1.96. The Bertz CT molecular complexity index is 565. The van der Waals surface area contributed by atoms with Gasteiger partial charge in [0.2, 0.25) is 10.0 Å². The largest absolute Gasteiger partial charge is 0.316 e. The van der Waals surface area contributed by atoms with Crippen molar-refractivity contribution in [3.63, 3.8) is 0 Å². The standard InChI is InChI=1S/C12H16BrFN2O2S/c1-15-10-3-2-6-16(8-10)19(17,18)12-5-4-9(14)7-11(12)13/h4-5,7,10,15H,2-3,6,8H2,1H3. The average Bonchev–Trinajstić information content (AvgIpc) is 2.38. The van der Waals surface area contributed by atoms with E-state index in [1.54, 1.807) is 0 Å². The molecular formula is C12H16BrFN2O2S. The summed E-state index contributed by atoms with van der Waals surface area (Å²) in [7, 11) is -1.74. The Labute approximate surface area is 121 Å². The van der Waals surface area contributed by atoms with Crippen LogP contribution in [0.3, 0.4) is 0 Å². The number of sulfonamides is 1. The fraction of sp³-hybridized carbons (Fsp3) is 0.500. The number of hydrogen-bond acceptors (Lipinski definition) is 3. The van der Waals surface area contributed by atoms with E-state index < -0.39 is 15.8 Å². The van der Waals surface area contributed by atoms with Gasteiger partial charge in [-0.05, 0) is 54.0 Å². The van der Waals surface area contributed by atoms with Crippen molar-refractivity contribution in [3.05, 3.63) is 28.5 Å². The molecule has 1 aromatic carbocycles. The third-order valence-corrected chi connectivity index (χ3v) is 6.15. The molecule has 1 aliphatic rings. The highest BCUT2D eigenvalue weighted by Crippen LogP contribution is 2.27. The van der Waals surface area contributed by atoms with Crippen LogP contribution in [0, 0.1) is 5.82 Å². The molecule has 106 valence electrons. The molecule has 0 saturated carbocycles. The van der Waals surface area contributed by atoms with E-state index in [2.05, 4.69) is 21.2 Å². The maximum Gasteiger partial charge on any atom is 0.244 e. The van der Waals surface area contributed by atoms with Crippen LogP contribution >= 0.6 is 15.9 Å². The van der Waals surface area contributed by atoms with Crippen molar-refractivity contribution < 1.29 is 12.8 Å². The van der Waals surface area contributed by atoms with Crippen molar-refractivity contribution in [1.82, 2.24) is 9.62 Å². The lowest BCUT2D eigenvalue weighted by atomic mass is 10.1. The van der Waals surface area contributed by atoms with Crippen molar-refractivity contribution in [2.45, 2.75) is 23.8 Å². The van der Waals surface area contributed by atoms with E-state index in [0.717, 1.165) is 18.9 Å². The number of piperidine rings is 1. The molecule has 19 heavy (non-hydrogen) atoms. The van der Waals surface area contributed by atoms with E-state index >= 15 is 0 Å². The predicted molar refractivity (Wildman–Crippen MR) is 74.9 cm³/mol. The highest BCUT2D eigenvalue weighted by molar-refractivity contribution is 9.10. The molecule has 1 atom stereocenters. The SMILES string of the molecule is CNC1CCCN(S(=O)(=O)c2ccc(F)cc2Br)C1. The molecule has 0 amide bonds. The molecule has 0 spiro atoms. The van der Waals surface area contributed by atoms with Crippen LogP contribution < -0.4 is 5.32 Å². The average molecular weight is 351 g/mol. The molecule has 2 rings (SSSR count). The summed E-state index contributed by atoms with van der Waals surface area (Å²) in [6, 6.07) is 3.81. The van der Waals surface area contributed by atoms with Crippen molar-refractivity contribution in [2.24, 2.45) is 0 Å². The minimum Gasteiger partial charge on any atom is -0.316 e. The Morgan fingerprint density at radius 1 is 1.47 bits per heavy atom. The number of rotatable bonds is 3. The van der Waals surface area contributed by atoms with Gasteiger partial charge in [0.25, 0.3) is 0 Å². The number of hydrogen-bond donors (Lipinski definition) is 1. The van der Waals surface area contributed by atoms with Gasteiger partial charge in [0.1, 0.15) is 5.82 Å². The van der Waals surface area contributed by atoms with Crippen molar-refractivity contribution >= 4 is 26.0 Å². The highest BCUT2D eigenvalue weighted by atomic mass is 79.9. The number of halogens is 2. The maximum absolute atomic E-state index is 13.0. The second-order valence-corrected chi connectivity index (χ2v) is 7.33. The lowest BCUT2D eigenvalue weighted by Crippen LogP contribution is -2.46. The first kappa shape index (κ1) is 14.9. The molecule has 1 heterocycles. The number of benzene rings is 1. The first-order valence-electron chi connectivity index (χ1n) is 6.07. The quantitative estimate of drug-likeness (QED) is 0.906. The molecule has 7 heteroatoms. The van der Waals surface area contributed by atoms with Crippen molar-refractivity contribution in [1.29, 1.82) is 0 Å². The molecule has 0 radical (unpaired) electrons. The lowest BCUT2D eigenvalue weighted by molar-refractivity contribution is 0.292. The van der Waals surface area contributed by atoms with E-state index in [1.165, 1.54) is 16.4 Å². The van der Waals surface area contributed by atoms with Gasteiger partial charge in [-0.25, -0.2) is 12.8 Å². The maximum atomic E-state index is 13.0. The van der Waals surface area contributed by atoms with E-state index in [-0.39, 0.29) is 15.4 Å². The van der Waals surface area contributed by atoms with Crippen LogP contribution in [0.25, 0.3) is 0 Å². The monoisotopic (exact) mass is 350 g/mol. The third kappa shape index (κ3) is 3.16. The Balaban J connectivity index is 2.31. The zero-order valence-corrected chi connectivity index (χ0v) is 13.0. The summed E-state index contributed by atoms with van der Waals surface area (Å²) in [5, 5.41) is 3.10. The van der Waals surface area contributed by atoms with Gasteiger partial charge in [-0.3, -0.25) is 0 Å². The highest BCUT2D eigenvalue weighted by Gasteiger charge is 2.31. The summed E-state index contributed by atoms with van der Waals surface area (Å²) < 4.78 is 39.8. The zero-order valence-electron chi connectivity index (χ0n) is 10.6. The molecule has 0 aliphatic carbocycles. The van der Waals surface area contributed by atoms with Gasteiger partial charge < -0.3 is 5.32 Å². The summed E-state index contributed by atoms with van der Waals surface area (Å²) in [5.74, 6) is -0.461. The van der Waals surface area contributed by atoms with Crippen molar-refractivity contribution in [3.8, 4) is 0 Å². The molecule has 1 aromatic rings. The smallest absolute Gasteiger partial charge is 0.244 e. The molecule has 0 bridgehead atoms. The Kier molecular flexibility index (Phi) is 4.60. The fourth-order valence-electron chi connectivity index (χ4n) is 2.22. The van der Waals surface area contributed by atoms with E-state index in [9.17, 15) is 12.8 Å². The summed E-state index contributed by atoms with van der Waals surface area (Å²) >= 11 is 3.12. The summed E-state index contributed by atoms with van der Waals surface area (Å²) in [5.41, 5.74) is 0.